The van der Waals surface area contributed by atoms with Gasteiger partial charge in [0.05, 0.1) is 11.3 Å². The summed E-state index contributed by atoms with van der Waals surface area (Å²) in [4.78, 5) is 13.7. The number of hydrogen-bond acceptors (Lipinski definition) is 2. The number of hydrogen-bond donors (Lipinski definition) is 0. The summed E-state index contributed by atoms with van der Waals surface area (Å²) in [5.74, 6) is 0. The van der Waals surface area contributed by atoms with E-state index in [1.54, 1.807) is 0 Å². The highest BCUT2D eigenvalue weighted by atomic mass is 16.1. The molecule has 5 nitrogen and oxygen atoms in total. The van der Waals surface area contributed by atoms with Gasteiger partial charge in [-0.1, -0.05) is 30.3 Å². The molecule has 6 rings (SSSR count). The lowest BCUT2D eigenvalue weighted by molar-refractivity contribution is -0.107. The number of anilines is 1. The first-order valence-electron chi connectivity index (χ1n) is 9.46. The van der Waals surface area contributed by atoms with Crippen LogP contribution in [0.3, 0.4) is 0 Å². The monoisotopic (exact) mass is 367 g/mol. The zero-order valence-electron chi connectivity index (χ0n) is 15.5. The van der Waals surface area contributed by atoms with Crippen molar-refractivity contribution in [2.24, 2.45) is 7.05 Å². The highest BCUT2D eigenvalue weighted by Gasteiger charge is 2.45. The second kappa shape index (κ2) is 5.30. The van der Waals surface area contributed by atoms with Crippen molar-refractivity contribution in [2.45, 2.75) is 6.54 Å². The molecule has 5 heteroatoms. The predicted molar refractivity (Wildman–Crippen MR) is 110 cm³/mol. The molecule has 0 spiro atoms. The van der Waals surface area contributed by atoms with Crippen LogP contribution < -0.4 is 9.38 Å². The van der Waals surface area contributed by atoms with E-state index in [1.165, 1.54) is 33.6 Å². The number of rotatable bonds is 2. The Morgan fingerprint density at radius 1 is 1.11 bits per heavy atom. The summed E-state index contributed by atoms with van der Waals surface area (Å²) in [6, 6.07) is 14.7. The lowest BCUT2D eigenvalue weighted by Crippen LogP contribution is -2.42. The highest BCUT2D eigenvalue weighted by molar-refractivity contribution is 6.06. The average Bonchev–Trinajstić information content (AvgIpc) is 3.22. The summed E-state index contributed by atoms with van der Waals surface area (Å²) in [5.41, 5.74) is 9.37. The molecule has 1 amide bonds. The molecular weight excluding hydrogens is 348 g/mol. The van der Waals surface area contributed by atoms with Gasteiger partial charge in [-0.15, -0.1) is 0 Å². The number of para-hydroxylation sites is 1. The minimum atomic E-state index is 0.576. The van der Waals surface area contributed by atoms with E-state index in [4.69, 9.17) is 5.10 Å². The largest absolute Gasteiger partial charge is 0.305 e. The molecule has 3 aromatic rings. The summed E-state index contributed by atoms with van der Waals surface area (Å²) < 4.78 is 2.50. The van der Waals surface area contributed by atoms with Crippen LogP contribution in [0.15, 0.2) is 72.7 Å². The number of amides is 1. The predicted octanol–water partition coefficient (Wildman–Crippen LogP) is 3.96. The lowest BCUT2D eigenvalue weighted by atomic mass is 9.84. The third-order valence-electron chi connectivity index (χ3n) is 6.15. The van der Waals surface area contributed by atoms with E-state index in [1.807, 2.05) is 34.8 Å². The quantitative estimate of drug-likeness (QED) is 0.397. The number of carbonyl (C=O) groups excluding carboxylic acids is 1. The van der Waals surface area contributed by atoms with Crippen molar-refractivity contribution in [3.8, 4) is 22.4 Å². The second-order valence-electron chi connectivity index (χ2n) is 7.65. The van der Waals surface area contributed by atoms with Crippen molar-refractivity contribution in [1.29, 1.82) is 0 Å². The van der Waals surface area contributed by atoms with Crippen LogP contribution >= 0.6 is 0 Å². The maximum absolute atomic E-state index is 11.9. The zero-order valence-corrected chi connectivity index (χ0v) is 15.5. The molecule has 3 aliphatic rings. The molecule has 1 atom stereocenters. The Balaban J connectivity index is 1.58. The molecule has 0 fully saturated rings. The van der Waals surface area contributed by atoms with E-state index >= 15 is 0 Å². The minimum Gasteiger partial charge on any atom is -0.305 e. The van der Waals surface area contributed by atoms with Gasteiger partial charge in [-0.2, -0.15) is 5.10 Å². The number of aryl methyl sites for hydroxylation is 1. The summed E-state index contributed by atoms with van der Waals surface area (Å²) in [6.07, 6.45) is 9.54. The van der Waals surface area contributed by atoms with Gasteiger partial charge < -0.3 is 4.90 Å². The molecule has 2 aromatic carbocycles. The average molecular weight is 367 g/mol. The highest BCUT2D eigenvalue weighted by Crippen LogP contribution is 2.55. The second-order valence-corrected chi connectivity index (χ2v) is 7.65. The molecule has 0 radical (unpaired) electrons. The van der Waals surface area contributed by atoms with Gasteiger partial charge in [-0.25, -0.2) is 4.48 Å². The van der Waals surface area contributed by atoms with Gasteiger partial charge in [0.15, 0.2) is 5.69 Å². The Bertz CT molecular complexity index is 1220. The Hall–Kier alpha value is -3.44. The van der Waals surface area contributed by atoms with Crippen molar-refractivity contribution >= 4 is 17.8 Å². The fourth-order valence-corrected chi connectivity index (χ4v) is 4.88. The summed E-state index contributed by atoms with van der Waals surface area (Å²) in [7, 11) is 1.97. The third kappa shape index (κ3) is 1.84. The topological polar surface area (TPSA) is 38.1 Å². The van der Waals surface area contributed by atoms with Crippen LogP contribution in [-0.2, 0) is 18.4 Å². The van der Waals surface area contributed by atoms with Gasteiger partial charge >= 0.3 is 0 Å². The van der Waals surface area contributed by atoms with Crippen LogP contribution in [0, 0.1) is 0 Å². The number of carbonyl (C=O) groups is 1. The maximum atomic E-state index is 11.9. The van der Waals surface area contributed by atoms with Crippen LogP contribution in [0.2, 0.25) is 0 Å². The Morgan fingerprint density at radius 2 is 2.00 bits per heavy atom. The minimum absolute atomic E-state index is 0.576. The molecule has 28 heavy (non-hydrogen) atoms. The third-order valence-corrected chi connectivity index (χ3v) is 6.15. The van der Waals surface area contributed by atoms with Crippen molar-refractivity contribution < 1.29 is 4.79 Å². The molecule has 0 bridgehead atoms. The first-order valence-corrected chi connectivity index (χ1v) is 9.46. The van der Waals surface area contributed by atoms with Crippen molar-refractivity contribution in [3.05, 3.63) is 78.3 Å². The first-order chi connectivity index (χ1) is 13.7. The molecule has 1 aromatic heterocycles. The molecule has 0 N–H and O–H groups in total. The van der Waals surface area contributed by atoms with Crippen molar-refractivity contribution in [2.75, 3.05) is 11.4 Å². The van der Waals surface area contributed by atoms with E-state index in [0.29, 0.717) is 11.0 Å². The van der Waals surface area contributed by atoms with Crippen LogP contribution in [0.1, 0.15) is 5.56 Å². The van der Waals surface area contributed by atoms with E-state index in [-0.39, 0.29) is 0 Å². The SMILES string of the molecule is Cn1cc2c(n1)-c1c-2cccc1[N+]12C=CC=C1CN(C=O)c1ccccc1C2. The molecule has 1 aliphatic carbocycles. The molecule has 3 heterocycles. The van der Waals surface area contributed by atoms with Crippen molar-refractivity contribution in [1.82, 2.24) is 14.3 Å². The summed E-state index contributed by atoms with van der Waals surface area (Å²) in [5, 5.41) is 4.70. The van der Waals surface area contributed by atoms with Gasteiger partial charge in [-0.3, -0.25) is 9.48 Å². The fourth-order valence-electron chi connectivity index (χ4n) is 4.88. The number of fused-ring (bicyclic) bond motifs is 6. The normalized spacial score (nSPS) is 21.0. The molecule has 0 saturated heterocycles. The van der Waals surface area contributed by atoms with Gasteiger partial charge in [0.25, 0.3) is 0 Å². The van der Waals surface area contributed by atoms with Crippen LogP contribution in [-0.4, -0.2) is 22.7 Å². The lowest BCUT2D eigenvalue weighted by Gasteiger charge is -2.36. The fraction of sp³-hybridized carbons (Fsp3) is 0.130. The van der Waals surface area contributed by atoms with Gasteiger partial charge in [0, 0.05) is 42.1 Å². The zero-order chi connectivity index (χ0) is 18.9. The molecule has 1 unspecified atom stereocenters. The van der Waals surface area contributed by atoms with E-state index in [0.717, 1.165) is 24.3 Å². The summed E-state index contributed by atoms with van der Waals surface area (Å²) >= 11 is 0. The molecule has 0 saturated carbocycles. The number of nitrogens with zero attached hydrogens (tertiary/aromatic N) is 4. The number of aromatic nitrogens is 2. The van der Waals surface area contributed by atoms with Gasteiger partial charge in [0.2, 0.25) is 6.41 Å². The Morgan fingerprint density at radius 3 is 2.89 bits per heavy atom. The van der Waals surface area contributed by atoms with Crippen LogP contribution in [0.5, 0.6) is 0 Å². The van der Waals surface area contributed by atoms with E-state index < -0.39 is 0 Å². The number of allylic oxidation sites excluding steroid dienone is 2. The molecule has 2 aliphatic heterocycles. The number of benzene rings is 2. The van der Waals surface area contributed by atoms with Crippen LogP contribution in [0.25, 0.3) is 22.4 Å². The summed E-state index contributed by atoms with van der Waals surface area (Å²) in [6.45, 7) is 1.35. The molecular formula is C23H19N4O+. The van der Waals surface area contributed by atoms with Crippen LogP contribution in [0.4, 0.5) is 11.4 Å². The smallest absolute Gasteiger partial charge is 0.214 e. The maximum Gasteiger partial charge on any atom is 0.214 e. The Labute approximate surface area is 163 Å². The first kappa shape index (κ1) is 15.6. The Kier molecular flexibility index (Phi) is 2.95. The van der Waals surface area contributed by atoms with E-state index in [9.17, 15) is 4.79 Å². The van der Waals surface area contributed by atoms with Crippen molar-refractivity contribution in [3.63, 3.8) is 0 Å². The van der Waals surface area contributed by atoms with Gasteiger partial charge in [0.1, 0.15) is 30.7 Å². The van der Waals surface area contributed by atoms with E-state index in [2.05, 4.69) is 48.8 Å². The molecule has 136 valence electrons. The number of quaternary nitrogens is 1. The standard InChI is InChI=1S/C23H19N4O/c1-25-13-19-18-8-4-10-21(22(18)23(19)24-25)27-11-5-7-17(27)12-26(15-28)20-9-3-2-6-16(20)14-27/h2-11,13,15H,12,14H2,1H3/q+1. The van der Waals surface area contributed by atoms with Gasteiger partial charge in [-0.05, 0) is 12.1 Å².